The summed E-state index contributed by atoms with van der Waals surface area (Å²) in [6.07, 6.45) is 2.40. The molecule has 2 aromatic carbocycles. The molecule has 1 fully saturated rings. The van der Waals surface area contributed by atoms with Crippen LogP contribution in [-0.2, 0) is 0 Å². The highest BCUT2D eigenvalue weighted by molar-refractivity contribution is 6.00. The van der Waals surface area contributed by atoms with Gasteiger partial charge < -0.3 is 25.6 Å². The largest absolute Gasteiger partial charge is 0.497 e. The summed E-state index contributed by atoms with van der Waals surface area (Å²) in [6.45, 7) is 5.96. The molecule has 0 unspecified atom stereocenters. The van der Waals surface area contributed by atoms with E-state index in [2.05, 4.69) is 30.8 Å². The lowest BCUT2D eigenvalue weighted by Crippen LogP contribution is -2.20. The van der Waals surface area contributed by atoms with Crippen LogP contribution >= 0.6 is 0 Å². The molecule has 32 heavy (non-hydrogen) atoms. The van der Waals surface area contributed by atoms with Gasteiger partial charge in [-0.2, -0.15) is 4.98 Å². The zero-order chi connectivity index (χ0) is 22.5. The lowest BCUT2D eigenvalue weighted by Gasteiger charge is -2.17. The molecule has 0 aliphatic carbocycles. The molecule has 1 aliphatic rings. The molecule has 1 saturated heterocycles. The zero-order valence-electron chi connectivity index (χ0n) is 18.6. The first kappa shape index (κ1) is 21.4. The second-order valence-electron chi connectivity index (χ2n) is 7.85. The van der Waals surface area contributed by atoms with E-state index in [1.54, 1.807) is 7.11 Å². The van der Waals surface area contributed by atoms with E-state index >= 15 is 0 Å². The highest BCUT2D eigenvalue weighted by Gasteiger charge is 2.15. The van der Waals surface area contributed by atoms with Crippen molar-refractivity contribution in [1.29, 1.82) is 0 Å². The average molecular weight is 433 g/mol. The normalized spacial score (nSPS) is 13.0. The fraction of sp³-hybridized carbons (Fsp3) is 0.292. The predicted octanol–water partition coefficient (Wildman–Crippen LogP) is 5.09. The molecule has 0 bridgehead atoms. The van der Waals surface area contributed by atoms with Crippen molar-refractivity contribution >= 4 is 34.9 Å². The monoisotopic (exact) mass is 432 g/mol. The van der Waals surface area contributed by atoms with Crippen LogP contribution < -0.4 is 25.6 Å². The van der Waals surface area contributed by atoms with Crippen LogP contribution in [0.3, 0.4) is 0 Å². The summed E-state index contributed by atoms with van der Waals surface area (Å²) in [4.78, 5) is 23.8. The standard InChI is InChI=1S/C24H28N6O2/c1-16-14-20(32-3)10-11-21(16)28-24(31)27-19-8-6-18(7-9-19)26-23-25-17(2)15-22(29-23)30-12-4-5-13-30/h6-11,14-15H,4-5,12-13H2,1-3H3,(H,25,26,29)(H2,27,28,31). The SMILES string of the molecule is COc1ccc(NC(=O)Nc2ccc(Nc3nc(C)cc(N4CCCC4)n3)cc2)c(C)c1. The zero-order valence-corrected chi connectivity index (χ0v) is 18.6. The number of methoxy groups -OCH3 is 1. The van der Waals surface area contributed by atoms with Gasteiger partial charge in [-0.05, 0) is 74.7 Å². The number of ether oxygens (including phenoxy) is 1. The van der Waals surface area contributed by atoms with E-state index in [-0.39, 0.29) is 6.03 Å². The van der Waals surface area contributed by atoms with E-state index in [1.807, 2.05) is 62.4 Å². The van der Waals surface area contributed by atoms with Gasteiger partial charge in [-0.15, -0.1) is 0 Å². The Kier molecular flexibility index (Phi) is 6.39. The Morgan fingerprint density at radius 2 is 1.66 bits per heavy atom. The molecule has 0 spiro atoms. The number of carbonyl (C=O) groups is 1. The Morgan fingerprint density at radius 1 is 0.938 bits per heavy atom. The van der Waals surface area contributed by atoms with Gasteiger partial charge >= 0.3 is 6.03 Å². The van der Waals surface area contributed by atoms with Crippen molar-refractivity contribution in [3.63, 3.8) is 0 Å². The fourth-order valence-corrected chi connectivity index (χ4v) is 3.67. The van der Waals surface area contributed by atoms with Crippen molar-refractivity contribution in [2.45, 2.75) is 26.7 Å². The predicted molar refractivity (Wildman–Crippen MR) is 128 cm³/mol. The minimum Gasteiger partial charge on any atom is -0.497 e. The molecule has 8 heteroatoms. The van der Waals surface area contributed by atoms with E-state index in [0.29, 0.717) is 11.6 Å². The molecule has 0 atom stereocenters. The number of aryl methyl sites for hydroxylation is 2. The number of urea groups is 1. The van der Waals surface area contributed by atoms with Crippen LogP contribution in [0.4, 0.5) is 33.6 Å². The van der Waals surface area contributed by atoms with Gasteiger partial charge in [0.1, 0.15) is 11.6 Å². The first-order chi connectivity index (χ1) is 15.5. The first-order valence-corrected chi connectivity index (χ1v) is 10.7. The summed E-state index contributed by atoms with van der Waals surface area (Å²) in [6, 6.07) is 14.7. The Hall–Kier alpha value is -3.81. The molecule has 3 aromatic rings. The van der Waals surface area contributed by atoms with Crippen molar-refractivity contribution in [3.05, 3.63) is 59.8 Å². The number of carbonyl (C=O) groups excluding carboxylic acids is 1. The second-order valence-corrected chi connectivity index (χ2v) is 7.85. The molecular formula is C24H28N6O2. The van der Waals surface area contributed by atoms with E-state index < -0.39 is 0 Å². The molecule has 4 rings (SSSR count). The minimum absolute atomic E-state index is 0.309. The fourth-order valence-electron chi connectivity index (χ4n) is 3.67. The van der Waals surface area contributed by atoms with E-state index in [4.69, 9.17) is 4.74 Å². The van der Waals surface area contributed by atoms with Crippen molar-refractivity contribution < 1.29 is 9.53 Å². The Balaban J connectivity index is 1.37. The van der Waals surface area contributed by atoms with Crippen molar-refractivity contribution in [2.24, 2.45) is 0 Å². The van der Waals surface area contributed by atoms with Gasteiger partial charge in [0.15, 0.2) is 0 Å². The number of benzene rings is 2. The third-order valence-electron chi connectivity index (χ3n) is 5.35. The Labute approximate surface area is 188 Å². The molecule has 0 radical (unpaired) electrons. The molecular weight excluding hydrogens is 404 g/mol. The highest BCUT2D eigenvalue weighted by atomic mass is 16.5. The summed E-state index contributed by atoms with van der Waals surface area (Å²) < 4.78 is 5.20. The summed E-state index contributed by atoms with van der Waals surface area (Å²) in [7, 11) is 1.62. The lowest BCUT2D eigenvalue weighted by molar-refractivity contribution is 0.262. The average Bonchev–Trinajstić information content (AvgIpc) is 3.31. The summed E-state index contributed by atoms with van der Waals surface area (Å²) in [5, 5.41) is 8.96. The maximum Gasteiger partial charge on any atom is 0.323 e. The van der Waals surface area contributed by atoms with Gasteiger partial charge in [-0.3, -0.25) is 0 Å². The maximum absolute atomic E-state index is 12.4. The minimum atomic E-state index is -0.309. The Bertz CT molecular complexity index is 1090. The number of nitrogens with one attached hydrogen (secondary N) is 3. The van der Waals surface area contributed by atoms with E-state index in [1.165, 1.54) is 12.8 Å². The first-order valence-electron chi connectivity index (χ1n) is 10.7. The van der Waals surface area contributed by atoms with Crippen molar-refractivity contribution in [3.8, 4) is 5.75 Å². The number of amides is 2. The number of anilines is 5. The molecule has 2 heterocycles. The van der Waals surface area contributed by atoms with Gasteiger partial charge in [0.05, 0.1) is 7.11 Å². The number of aromatic nitrogens is 2. The summed E-state index contributed by atoms with van der Waals surface area (Å²) in [5.74, 6) is 2.28. The topological polar surface area (TPSA) is 91.4 Å². The van der Waals surface area contributed by atoms with Crippen LogP contribution in [0.1, 0.15) is 24.1 Å². The van der Waals surface area contributed by atoms with Gasteiger partial charge in [0, 0.05) is 41.9 Å². The highest BCUT2D eigenvalue weighted by Crippen LogP contribution is 2.23. The lowest BCUT2D eigenvalue weighted by atomic mass is 10.2. The third-order valence-corrected chi connectivity index (χ3v) is 5.35. The van der Waals surface area contributed by atoms with E-state index in [9.17, 15) is 4.79 Å². The summed E-state index contributed by atoms with van der Waals surface area (Å²) in [5.41, 5.74) is 4.10. The van der Waals surface area contributed by atoms with Gasteiger partial charge in [0.2, 0.25) is 5.95 Å². The second kappa shape index (κ2) is 9.55. The van der Waals surface area contributed by atoms with Crippen LogP contribution in [0.2, 0.25) is 0 Å². The molecule has 2 amide bonds. The summed E-state index contributed by atoms with van der Waals surface area (Å²) >= 11 is 0. The van der Waals surface area contributed by atoms with Gasteiger partial charge in [-0.1, -0.05) is 0 Å². The van der Waals surface area contributed by atoms with Gasteiger partial charge in [-0.25, -0.2) is 9.78 Å². The molecule has 3 N–H and O–H groups in total. The van der Waals surface area contributed by atoms with Crippen LogP contribution in [0.15, 0.2) is 48.5 Å². The maximum atomic E-state index is 12.4. The van der Waals surface area contributed by atoms with Crippen LogP contribution in [0, 0.1) is 13.8 Å². The third kappa shape index (κ3) is 5.26. The number of nitrogens with zero attached hydrogens (tertiary/aromatic N) is 3. The Morgan fingerprint density at radius 3 is 2.34 bits per heavy atom. The van der Waals surface area contributed by atoms with Crippen LogP contribution in [-0.4, -0.2) is 36.2 Å². The smallest absolute Gasteiger partial charge is 0.323 e. The van der Waals surface area contributed by atoms with Gasteiger partial charge in [0.25, 0.3) is 0 Å². The number of rotatable bonds is 6. The van der Waals surface area contributed by atoms with Crippen molar-refractivity contribution in [2.75, 3.05) is 41.0 Å². The molecule has 1 aromatic heterocycles. The van der Waals surface area contributed by atoms with E-state index in [0.717, 1.165) is 47.3 Å². The molecule has 166 valence electrons. The number of hydrogen-bond donors (Lipinski definition) is 3. The quantitative estimate of drug-likeness (QED) is 0.503. The number of hydrogen-bond acceptors (Lipinski definition) is 6. The van der Waals surface area contributed by atoms with Crippen LogP contribution in [0.25, 0.3) is 0 Å². The van der Waals surface area contributed by atoms with Crippen LogP contribution in [0.5, 0.6) is 5.75 Å². The molecule has 1 aliphatic heterocycles. The van der Waals surface area contributed by atoms with Crippen molar-refractivity contribution in [1.82, 2.24) is 9.97 Å². The molecule has 0 saturated carbocycles. The molecule has 8 nitrogen and oxygen atoms in total.